The van der Waals surface area contributed by atoms with Gasteiger partial charge in [-0.05, 0) is 51.8 Å². The number of ether oxygens (including phenoxy) is 3. The molecule has 0 atom stereocenters. The number of amides is 1. The van der Waals surface area contributed by atoms with Crippen LogP contribution in [0.4, 0.5) is 11.4 Å². The predicted molar refractivity (Wildman–Crippen MR) is 121 cm³/mol. The van der Waals surface area contributed by atoms with Crippen LogP contribution in [0.2, 0.25) is 0 Å². The van der Waals surface area contributed by atoms with Gasteiger partial charge in [0.15, 0.2) is 11.5 Å². The van der Waals surface area contributed by atoms with E-state index < -0.39 is 5.97 Å². The number of methoxy groups -OCH3 is 2. The molecule has 166 valence electrons. The van der Waals surface area contributed by atoms with Gasteiger partial charge in [-0.25, -0.2) is 4.79 Å². The Hall–Kier alpha value is -2.78. The fourth-order valence-corrected chi connectivity index (χ4v) is 4.22. The van der Waals surface area contributed by atoms with Crippen molar-refractivity contribution in [1.29, 1.82) is 0 Å². The van der Waals surface area contributed by atoms with Crippen LogP contribution in [0.15, 0.2) is 34.8 Å². The Balaban J connectivity index is 1.96. The third-order valence-electron chi connectivity index (χ3n) is 5.09. The Morgan fingerprint density at radius 1 is 1.16 bits per heavy atom. The third kappa shape index (κ3) is 5.11. The van der Waals surface area contributed by atoms with Crippen LogP contribution in [0.3, 0.4) is 0 Å². The molecule has 0 radical (unpaired) electrons. The fraction of sp³-hybridized carbons (Fsp3) is 0.364. The van der Waals surface area contributed by atoms with Crippen molar-refractivity contribution < 1.29 is 28.9 Å². The summed E-state index contributed by atoms with van der Waals surface area (Å²) in [6, 6.07) is 8.71. The second-order valence-corrected chi connectivity index (χ2v) is 7.88. The van der Waals surface area contributed by atoms with Crippen molar-refractivity contribution in [3.8, 4) is 11.5 Å². The molecule has 0 bridgehead atoms. The standard InChI is InChI=1S/C22H25BrN2O6/c1-14(26)25(13-15-10-18(23)21(30-3)20(11-15)29-2)16-4-5-19(17(12-16)22(27)28)24-6-8-31-9-7-24/h4-5,10-12H,6-9,13H2,1-3H3,(H,27,28). The molecule has 0 spiro atoms. The average Bonchev–Trinajstić information content (AvgIpc) is 2.77. The Kier molecular flexibility index (Phi) is 7.40. The molecule has 9 heteroatoms. The van der Waals surface area contributed by atoms with Crippen molar-refractivity contribution in [2.24, 2.45) is 0 Å². The number of rotatable bonds is 7. The molecule has 0 aliphatic carbocycles. The number of anilines is 2. The number of hydrogen-bond acceptors (Lipinski definition) is 6. The predicted octanol–water partition coefficient (Wildman–Crippen LogP) is 3.55. The lowest BCUT2D eigenvalue weighted by Gasteiger charge is -2.31. The maximum absolute atomic E-state index is 12.5. The number of benzene rings is 2. The molecule has 1 aliphatic heterocycles. The molecule has 1 fully saturated rings. The van der Waals surface area contributed by atoms with Gasteiger partial charge in [0.05, 0.1) is 49.7 Å². The topological polar surface area (TPSA) is 88.5 Å². The number of hydrogen-bond donors (Lipinski definition) is 1. The van der Waals surface area contributed by atoms with Crippen molar-refractivity contribution >= 4 is 39.2 Å². The van der Waals surface area contributed by atoms with Gasteiger partial charge in [0.2, 0.25) is 5.91 Å². The summed E-state index contributed by atoms with van der Waals surface area (Å²) in [7, 11) is 3.09. The first-order valence-corrected chi connectivity index (χ1v) is 10.5. The fourth-order valence-electron chi connectivity index (χ4n) is 3.57. The lowest BCUT2D eigenvalue weighted by Crippen LogP contribution is -2.37. The monoisotopic (exact) mass is 492 g/mol. The lowest BCUT2D eigenvalue weighted by molar-refractivity contribution is -0.116. The minimum absolute atomic E-state index is 0.152. The summed E-state index contributed by atoms with van der Waals surface area (Å²) < 4.78 is 16.8. The van der Waals surface area contributed by atoms with Gasteiger partial charge in [-0.1, -0.05) is 0 Å². The van der Waals surface area contributed by atoms with Crippen molar-refractivity contribution in [2.45, 2.75) is 13.5 Å². The normalized spacial score (nSPS) is 13.6. The minimum Gasteiger partial charge on any atom is -0.493 e. The van der Waals surface area contributed by atoms with E-state index in [0.29, 0.717) is 53.6 Å². The second kappa shape index (κ2) is 10.0. The zero-order valence-corrected chi connectivity index (χ0v) is 19.3. The first-order valence-electron chi connectivity index (χ1n) is 9.74. The van der Waals surface area contributed by atoms with Gasteiger partial charge in [0.1, 0.15) is 0 Å². The van der Waals surface area contributed by atoms with Crippen LogP contribution in [-0.4, -0.2) is 57.5 Å². The van der Waals surface area contributed by atoms with Crippen LogP contribution in [0.1, 0.15) is 22.8 Å². The summed E-state index contributed by atoms with van der Waals surface area (Å²) in [5.41, 5.74) is 2.08. The summed E-state index contributed by atoms with van der Waals surface area (Å²) >= 11 is 3.46. The molecule has 0 unspecified atom stereocenters. The number of morpholine rings is 1. The molecule has 3 rings (SSSR count). The van der Waals surface area contributed by atoms with E-state index in [0.717, 1.165) is 5.56 Å². The van der Waals surface area contributed by atoms with Crippen molar-refractivity contribution in [3.63, 3.8) is 0 Å². The smallest absolute Gasteiger partial charge is 0.337 e. The molecular weight excluding hydrogens is 468 g/mol. The van der Waals surface area contributed by atoms with E-state index in [4.69, 9.17) is 14.2 Å². The van der Waals surface area contributed by atoms with E-state index in [2.05, 4.69) is 15.9 Å². The van der Waals surface area contributed by atoms with Gasteiger partial charge in [-0.15, -0.1) is 0 Å². The molecule has 1 amide bonds. The van der Waals surface area contributed by atoms with Crippen LogP contribution < -0.4 is 19.3 Å². The Morgan fingerprint density at radius 2 is 1.87 bits per heavy atom. The third-order valence-corrected chi connectivity index (χ3v) is 5.68. The maximum atomic E-state index is 12.5. The zero-order valence-electron chi connectivity index (χ0n) is 17.7. The highest BCUT2D eigenvalue weighted by Gasteiger charge is 2.22. The highest BCUT2D eigenvalue weighted by Crippen LogP contribution is 2.37. The summed E-state index contributed by atoms with van der Waals surface area (Å²) in [4.78, 5) is 27.9. The molecule has 0 saturated carbocycles. The number of carbonyl (C=O) groups excluding carboxylic acids is 1. The molecule has 1 aliphatic rings. The summed E-state index contributed by atoms with van der Waals surface area (Å²) in [6.07, 6.45) is 0. The first-order chi connectivity index (χ1) is 14.8. The molecule has 1 N–H and O–H groups in total. The maximum Gasteiger partial charge on any atom is 0.337 e. The number of carboxylic acids is 1. The van der Waals surface area contributed by atoms with Gasteiger partial charge in [-0.3, -0.25) is 4.79 Å². The summed E-state index contributed by atoms with van der Waals surface area (Å²) in [5.74, 6) is -0.157. The van der Waals surface area contributed by atoms with Crippen LogP contribution in [-0.2, 0) is 16.1 Å². The van der Waals surface area contributed by atoms with Crippen LogP contribution in [0.5, 0.6) is 11.5 Å². The van der Waals surface area contributed by atoms with E-state index in [1.54, 1.807) is 38.5 Å². The summed E-state index contributed by atoms with van der Waals surface area (Å²) in [5, 5.41) is 9.80. The molecule has 2 aromatic rings. The zero-order chi connectivity index (χ0) is 22.5. The minimum atomic E-state index is -1.04. The van der Waals surface area contributed by atoms with E-state index >= 15 is 0 Å². The molecule has 31 heavy (non-hydrogen) atoms. The molecule has 2 aromatic carbocycles. The van der Waals surface area contributed by atoms with E-state index in [-0.39, 0.29) is 18.0 Å². The molecule has 1 heterocycles. The Labute approximate surface area is 189 Å². The number of nitrogens with zero attached hydrogens (tertiary/aromatic N) is 2. The largest absolute Gasteiger partial charge is 0.493 e. The van der Waals surface area contributed by atoms with Gasteiger partial charge >= 0.3 is 5.97 Å². The van der Waals surface area contributed by atoms with Gasteiger partial charge in [0.25, 0.3) is 0 Å². The molecule has 0 aromatic heterocycles. The van der Waals surface area contributed by atoms with Gasteiger partial charge in [-0.2, -0.15) is 0 Å². The Bertz CT molecular complexity index is 975. The lowest BCUT2D eigenvalue weighted by atomic mass is 10.1. The van der Waals surface area contributed by atoms with E-state index in [9.17, 15) is 14.7 Å². The van der Waals surface area contributed by atoms with Crippen LogP contribution >= 0.6 is 15.9 Å². The van der Waals surface area contributed by atoms with Crippen molar-refractivity contribution in [2.75, 3.05) is 50.3 Å². The second-order valence-electron chi connectivity index (χ2n) is 7.02. The number of carboxylic acid groups (broad SMARTS) is 1. The molecule has 8 nitrogen and oxygen atoms in total. The highest BCUT2D eigenvalue weighted by atomic mass is 79.9. The van der Waals surface area contributed by atoms with E-state index in [1.807, 2.05) is 11.0 Å². The average molecular weight is 493 g/mol. The summed E-state index contributed by atoms with van der Waals surface area (Å²) in [6.45, 7) is 4.03. The SMILES string of the molecule is COc1cc(CN(C(C)=O)c2ccc(N3CCOCC3)c(C(=O)O)c2)cc(Br)c1OC. The molecule has 1 saturated heterocycles. The molecular formula is C22H25BrN2O6. The van der Waals surface area contributed by atoms with Crippen molar-refractivity contribution in [3.05, 3.63) is 45.9 Å². The van der Waals surface area contributed by atoms with Crippen molar-refractivity contribution in [1.82, 2.24) is 0 Å². The number of halogens is 1. The first kappa shape index (κ1) is 22.9. The Morgan fingerprint density at radius 3 is 2.45 bits per heavy atom. The van der Waals surface area contributed by atoms with Gasteiger partial charge in [0, 0.05) is 25.7 Å². The van der Waals surface area contributed by atoms with Gasteiger partial charge < -0.3 is 29.1 Å². The number of carbonyl (C=O) groups is 2. The van der Waals surface area contributed by atoms with E-state index in [1.165, 1.54) is 11.8 Å². The quantitative estimate of drug-likeness (QED) is 0.631. The highest BCUT2D eigenvalue weighted by molar-refractivity contribution is 9.10. The van der Waals surface area contributed by atoms with Crippen LogP contribution in [0, 0.1) is 0 Å². The number of aromatic carboxylic acids is 1. The van der Waals surface area contributed by atoms with Crippen LogP contribution in [0.25, 0.3) is 0 Å².